The van der Waals surface area contributed by atoms with E-state index in [1.807, 2.05) is 0 Å². The normalized spacial score (nSPS) is 10.4. The smallest absolute Gasteiger partial charge is 0.303 e. The van der Waals surface area contributed by atoms with Crippen LogP contribution in [0, 0.1) is 37.7 Å². The van der Waals surface area contributed by atoms with Gasteiger partial charge in [-0.05, 0) is 25.7 Å². The Morgan fingerprint density at radius 1 is 0.941 bits per heavy atom. The van der Waals surface area contributed by atoms with Crippen molar-refractivity contribution in [3.63, 3.8) is 0 Å². The van der Waals surface area contributed by atoms with E-state index in [2.05, 4.69) is 19.1 Å². The Bertz CT molecular complexity index is 191. The second-order valence-corrected chi connectivity index (χ2v) is 4.31. The molecular formula is C14H26HoO2. The Morgan fingerprint density at radius 3 is 2.06 bits per heavy atom. The minimum Gasteiger partial charge on any atom is -0.481 e. The van der Waals surface area contributed by atoms with Crippen LogP contribution >= 0.6 is 0 Å². The molecule has 0 saturated carbocycles. The van der Waals surface area contributed by atoms with Gasteiger partial charge in [-0.1, -0.05) is 51.2 Å². The van der Waals surface area contributed by atoms with Crippen LogP contribution in [0.15, 0.2) is 12.2 Å². The number of allylic oxidation sites excluding steroid dienone is 2. The first-order valence-electron chi connectivity index (χ1n) is 6.64. The number of unbranched alkanes of at least 4 members (excludes halogenated alkanes) is 7. The van der Waals surface area contributed by atoms with Gasteiger partial charge >= 0.3 is 5.97 Å². The number of rotatable bonds is 11. The standard InChI is InChI=1S/C14H26O2.Ho/c1-2-3-4-5-6-7-8-9-10-11-12-13-14(15)16;/h5-6H,2-4,7-13H2,1H3,(H,15,16);/b6-5-;. The van der Waals surface area contributed by atoms with Gasteiger partial charge in [0.2, 0.25) is 0 Å². The number of hydrogen-bond donors (Lipinski definition) is 1. The molecule has 105 valence electrons. The minimum absolute atomic E-state index is 0. The molecule has 0 unspecified atom stereocenters. The fourth-order valence-corrected chi connectivity index (χ4v) is 1.63. The largest absolute Gasteiger partial charge is 0.481 e. The summed E-state index contributed by atoms with van der Waals surface area (Å²) in [6, 6.07) is 0. The van der Waals surface area contributed by atoms with E-state index in [4.69, 9.17) is 5.11 Å². The molecule has 0 heterocycles. The van der Waals surface area contributed by atoms with Crippen molar-refractivity contribution in [1.29, 1.82) is 0 Å². The molecule has 0 rings (SSSR count). The molecule has 0 aliphatic carbocycles. The molecule has 0 aliphatic rings. The zero-order chi connectivity index (χ0) is 12.1. The Labute approximate surface area is 136 Å². The fraction of sp³-hybridized carbons (Fsp3) is 0.786. The van der Waals surface area contributed by atoms with E-state index >= 15 is 0 Å². The molecule has 0 spiro atoms. The van der Waals surface area contributed by atoms with Crippen molar-refractivity contribution in [2.75, 3.05) is 0 Å². The van der Waals surface area contributed by atoms with E-state index in [-0.39, 0.29) is 37.7 Å². The minimum atomic E-state index is -0.668. The average molecular weight is 391 g/mol. The summed E-state index contributed by atoms with van der Waals surface area (Å²) < 4.78 is 0. The molecule has 0 saturated heterocycles. The Morgan fingerprint density at radius 2 is 1.47 bits per heavy atom. The molecule has 17 heavy (non-hydrogen) atoms. The first-order valence-corrected chi connectivity index (χ1v) is 6.64. The molecule has 0 fully saturated rings. The molecule has 0 amide bonds. The van der Waals surface area contributed by atoms with E-state index in [0.717, 1.165) is 12.8 Å². The molecule has 1 radical (unpaired) electrons. The van der Waals surface area contributed by atoms with Crippen LogP contribution in [0.1, 0.15) is 71.1 Å². The van der Waals surface area contributed by atoms with Crippen LogP contribution in [0.4, 0.5) is 0 Å². The van der Waals surface area contributed by atoms with Crippen molar-refractivity contribution in [1.82, 2.24) is 0 Å². The van der Waals surface area contributed by atoms with Gasteiger partial charge in [-0.15, -0.1) is 0 Å². The topological polar surface area (TPSA) is 37.3 Å². The van der Waals surface area contributed by atoms with Gasteiger partial charge in [-0.25, -0.2) is 0 Å². The van der Waals surface area contributed by atoms with Crippen molar-refractivity contribution in [2.24, 2.45) is 0 Å². The summed E-state index contributed by atoms with van der Waals surface area (Å²) in [6.45, 7) is 2.21. The summed E-state index contributed by atoms with van der Waals surface area (Å²) in [6.07, 6.45) is 15.4. The SMILES string of the molecule is CCCC/C=C\CCCCCCCC(=O)O.[Ho]. The third-order valence-electron chi connectivity index (χ3n) is 2.65. The molecular weight excluding hydrogens is 365 g/mol. The molecule has 0 aromatic carbocycles. The van der Waals surface area contributed by atoms with E-state index < -0.39 is 5.97 Å². The Hall–Kier alpha value is 0.470. The summed E-state index contributed by atoms with van der Waals surface area (Å²) in [7, 11) is 0. The predicted octanol–water partition coefficient (Wildman–Crippen LogP) is 4.55. The van der Waals surface area contributed by atoms with Gasteiger partial charge < -0.3 is 5.11 Å². The number of aliphatic carboxylic acids is 1. The van der Waals surface area contributed by atoms with Crippen LogP contribution in [-0.4, -0.2) is 11.1 Å². The maximum Gasteiger partial charge on any atom is 0.303 e. The summed E-state index contributed by atoms with van der Waals surface area (Å²) in [5, 5.41) is 8.45. The molecule has 0 aromatic rings. The molecule has 0 aromatic heterocycles. The summed E-state index contributed by atoms with van der Waals surface area (Å²) >= 11 is 0. The van der Waals surface area contributed by atoms with Crippen molar-refractivity contribution < 1.29 is 47.6 Å². The predicted molar refractivity (Wildman–Crippen MR) is 68.6 cm³/mol. The van der Waals surface area contributed by atoms with Gasteiger partial charge in [0.15, 0.2) is 0 Å². The quantitative estimate of drug-likeness (QED) is 0.319. The van der Waals surface area contributed by atoms with Crippen molar-refractivity contribution in [3.8, 4) is 0 Å². The monoisotopic (exact) mass is 391 g/mol. The number of carbonyl (C=O) groups is 1. The van der Waals surface area contributed by atoms with Crippen molar-refractivity contribution in [3.05, 3.63) is 12.2 Å². The summed E-state index contributed by atoms with van der Waals surface area (Å²) in [5.41, 5.74) is 0. The van der Waals surface area contributed by atoms with E-state index in [1.165, 1.54) is 44.9 Å². The van der Waals surface area contributed by atoms with E-state index in [9.17, 15) is 4.79 Å². The number of carboxylic acids is 1. The molecule has 0 bridgehead atoms. The second-order valence-electron chi connectivity index (χ2n) is 4.31. The third kappa shape index (κ3) is 19.0. The van der Waals surface area contributed by atoms with E-state index in [0.29, 0.717) is 6.42 Å². The molecule has 0 atom stereocenters. The van der Waals surface area contributed by atoms with Crippen LogP contribution in [-0.2, 0) is 4.79 Å². The van der Waals surface area contributed by atoms with Gasteiger partial charge in [0, 0.05) is 44.2 Å². The van der Waals surface area contributed by atoms with Crippen molar-refractivity contribution >= 4 is 5.97 Å². The van der Waals surface area contributed by atoms with Crippen LogP contribution in [0.3, 0.4) is 0 Å². The van der Waals surface area contributed by atoms with Gasteiger partial charge in [0.05, 0.1) is 0 Å². The Balaban J connectivity index is 0. The number of carboxylic acid groups (broad SMARTS) is 1. The molecule has 1 N–H and O–H groups in total. The van der Waals surface area contributed by atoms with E-state index in [1.54, 1.807) is 0 Å². The maximum absolute atomic E-state index is 10.3. The average Bonchev–Trinajstić information content (AvgIpc) is 2.25. The molecule has 0 aliphatic heterocycles. The van der Waals surface area contributed by atoms with Gasteiger partial charge in [0.25, 0.3) is 0 Å². The molecule has 3 heteroatoms. The van der Waals surface area contributed by atoms with Crippen LogP contribution in [0.25, 0.3) is 0 Å². The first kappa shape index (κ1) is 19.8. The van der Waals surface area contributed by atoms with Gasteiger partial charge in [-0.2, -0.15) is 0 Å². The first-order chi connectivity index (χ1) is 7.77. The van der Waals surface area contributed by atoms with Crippen molar-refractivity contribution in [2.45, 2.75) is 71.1 Å². The Kier molecular flexibility index (Phi) is 19.2. The molecule has 2 nitrogen and oxygen atoms in total. The fourth-order valence-electron chi connectivity index (χ4n) is 1.63. The number of hydrogen-bond acceptors (Lipinski definition) is 1. The maximum atomic E-state index is 10.3. The van der Waals surface area contributed by atoms with Crippen LogP contribution in [0.5, 0.6) is 0 Å². The summed E-state index contributed by atoms with van der Waals surface area (Å²) in [5.74, 6) is -0.668. The van der Waals surface area contributed by atoms with Crippen LogP contribution in [0.2, 0.25) is 0 Å². The summed E-state index contributed by atoms with van der Waals surface area (Å²) in [4.78, 5) is 10.3. The van der Waals surface area contributed by atoms with Gasteiger partial charge in [0.1, 0.15) is 0 Å². The van der Waals surface area contributed by atoms with Gasteiger partial charge in [-0.3, -0.25) is 4.79 Å². The van der Waals surface area contributed by atoms with Crippen LogP contribution < -0.4 is 0 Å². The zero-order valence-electron chi connectivity index (χ0n) is 10.9. The zero-order valence-corrected chi connectivity index (χ0v) is 12.8. The third-order valence-corrected chi connectivity index (χ3v) is 2.65. The second kappa shape index (κ2) is 16.5.